The molecule has 1 saturated heterocycles. The molecule has 0 atom stereocenters. The molecular formula is C21H27N3O4. The Hall–Kier alpha value is -2.83. The molecule has 0 aliphatic carbocycles. The molecule has 1 aromatic heterocycles. The third-order valence-corrected chi connectivity index (χ3v) is 4.91. The number of amides is 2. The fraction of sp³-hybridized carbons (Fsp3) is 0.476. The molecule has 2 heterocycles. The van der Waals surface area contributed by atoms with Crippen molar-refractivity contribution in [2.75, 3.05) is 19.7 Å². The molecule has 1 aliphatic heterocycles. The zero-order chi connectivity index (χ0) is 20.1. The number of likely N-dealkylation sites (tertiary alicyclic amines) is 1. The van der Waals surface area contributed by atoms with Crippen LogP contribution in [0.5, 0.6) is 0 Å². The highest BCUT2D eigenvalue weighted by Crippen LogP contribution is 2.22. The molecule has 0 spiro atoms. The van der Waals surface area contributed by atoms with Crippen LogP contribution in [0.25, 0.3) is 11.5 Å². The Bertz CT molecular complexity index is 821. The minimum Gasteiger partial charge on any atom is -0.450 e. The lowest BCUT2D eigenvalue weighted by Gasteiger charge is -2.31. The van der Waals surface area contributed by atoms with Crippen LogP contribution in [0, 0.1) is 13.8 Å². The first kappa shape index (κ1) is 19.9. The standard InChI is InChI=1S/C21H27N3O4/c1-4-27-21(26)24-11-9-17(10-12-24)22-19(25)13-18-15(3)28-20(23-18)16-7-5-14(2)6-8-16/h5-8,17H,4,9-13H2,1-3H3,(H,22,25). The second-order valence-corrected chi connectivity index (χ2v) is 7.09. The predicted octanol–water partition coefficient (Wildman–Crippen LogP) is 3.24. The van der Waals surface area contributed by atoms with Crippen molar-refractivity contribution in [2.24, 2.45) is 0 Å². The molecule has 28 heavy (non-hydrogen) atoms. The van der Waals surface area contributed by atoms with Gasteiger partial charge in [0.05, 0.1) is 18.7 Å². The summed E-state index contributed by atoms with van der Waals surface area (Å²) in [4.78, 5) is 30.4. The van der Waals surface area contributed by atoms with Crippen molar-refractivity contribution in [1.82, 2.24) is 15.2 Å². The molecule has 0 saturated carbocycles. The number of hydrogen-bond acceptors (Lipinski definition) is 5. The van der Waals surface area contributed by atoms with Crippen LogP contribution in [0.4, 0.5) is 4.79 Å². The first-order valence-electron chi connectivity index (χ1n) is 9.70. The van der Waals surface area contributed by atoms with Crippen molar-refractivity contribution in [2.45, 2.75) is 46.1 Å². The van der Waals surface area contributed by atoms with Crippen molar-refractivity contribution in [3.8, 4) is 11.5 Å². The van der Waals surface area contributed by atoms with Gasteiger partial charge in [-0.15, -0.1) is 0 Å². The molecule has 7 heteroatoms. The SMILES string of the molecule is CCOC(=O)N1CCC(NC(=O)Cc2nc(-c3ccc(C)cc3)oc2C)CC1. The number of aryl methyl sites for hydroxylation is 2. The number of carbonyl (C=O) groups excluding carboxylic acids is 2. The summed E-state index contributed by atoms with van der Waals surface area (Å²) in [6.45, 7) is 7.19. The molecule has 1 N–H and O–H groups in total. The van der Waals surface area contributed by atoms with E-state index in [9.17, 15) is 9.59 Å². The van der Waals surface area contributed by atoms with Gasteiger partial charge in [0.15, 0.2) is 0 Å². The number of oxazole rings is 1. The molecule has 150 valence electrons. The van der Waals surface area contributed by atoms with E-state index >= 15 is 0 Å². The van der Waals surface area contributed by atoms with E-state index in [0.717, 1.165) is 18.4 Å². The van der Waals surface area contributed by atoms with Crippen molar-refractivity contribution in [3.05, 3.63) is 41.3 Å². The van der Waals surface area contributed by atoms with E-state index in [2.05, 4.69) is 10.3 Å². The van der Waals surface area contributed by atoms with Crippen LogP contribution in [0.3, 0.4) is 0 Å². The molecule has 0 bridgehead atoms. The maximum absolute atomic E-state index is 12.4. The van der Waals surface area contributed by atoms with Gasteiger partial charge < -0.3 is 19.4 Å². The van der Waals surface area contributed by atoms with Gasteiger partial charge in [-0.2, -0.15) is 0 Å². The lowest BCUT2D eigenvalue weighted by Crippen LogP contribution is -2.47. The summed E-state index contributed by atoms with van der Waals surface area (Å²) in [6.07, 6.45) is 1.34. The molecule has 2 aromatic rings. The molecule has 7 nitrogen and oxygen atoms in total. The fourth-order valence-corrected chi connectivity index (χ4v) is 3.26. The summed E-state index contributed by atoms with van der Waals surface area (Å²) in [5.41, 5.74) is 2.71. The third kappa shape index (κ3) is 4.91. The van der Waals surface area contributed by atoms with E-state index < -0.39 is 0 Å². The molecule has 1 aromatic carbocycles. The van der Waals surface area contributed by atoms with Gasteiger partial charge in [0.1, 0.15) is 5.76 Å². The van der Waals surface area contributed by atoms with Crippen LogP contribution in [-0.2, 0) is 16.0 Å². The average Bonchev–Trinajstić information content (AvgIpc) is 3.03. The number of aromatic nitrogens is 1. The maximum atomic E-state index is 12.4. The molecule has 2 amide bonds. The van der Waals surface area contributed by atoms with E-state index in [4.69, 9.17) is 9.15 Å². The normalized spacial score (nSPS) is 14.8. The van der Waals surface area contributed by atoms with Crippen LogP contribution >= 0.6 is 0 Å². The van der Waals surface area contributed by atoms with E-state index in [0.29, 0.717) is 37.0 Å². The molecular weight excluding hydrogens is 358 g/mol. The average molecular weight is 385 g/mol. The molecule has 0 unspecified atom stereocenters. The maximum Gasteiger partial charge on any atom is 0.409 e. The van der Waals surface area contributed by atoms with Crippen molar-refractivity contribution in [1.29, 1.82) is 0 Å². The van der Waals surface area contributed by atoms with Crippen molar-refractivity contribution < 1.29 is 18.7 Å². The Morgan fingerprint density at radius 3 is 2.54 bits per heavy atom. The largest absolute Gasteiger partial charge is 0.450 e. The van der Waals surface area contributed by atoms with Crippen molar-refractivity contribution in [3.63, 3.8) is 0 Å². The smallest absolute Gasteiger partial charge is 0.409 e. The monoisotopic (exact) mass is 385 g/mol. The molecule has 1 fully saturated rings. The van der Waals surface area contributed by atoms with Gasteiger partial charge in [0.2, 0.25) is 11.8 Å². The van der Waals surface area contributed by atoms with Gasteiger partial charge in [-0.1, -0.05) is 17.7 Å². The molecule has 3 rings (SSSR count). The summed E-state index contributed by atoms with van der Waals surface area (Å²) in [5, 5.41) is 3.04. The van der Waals surface area contributed by atoms with Gasteiger partial charge in [-0.05, 0) is 45.7 Å². The Morgan fingerprint density at radius 2 is 1.89 bits per heavy atom. The summed E-state index contributed by atoms with van der Waals surface area (Å²) >= 11 is 0. The van der Waals surface area contributed by atoms with Gasteiger partial charge in [0, 0.05) is 24.7 Å². The second-order valence-electron chi connectivity index (χ2n) is 7.09. The Kier molecular flexibility index (Phi) is 6.34. The zero-order valence-corrected chi connectivity index (χ0v) is 16.7. The topological polar surface area (TPSA) is 84.7 Å². The number of nitrogens with one attached hydrogen (secondary N) is 1. The summed E-state index contributed by atoms with van der Waals surface area (Å²) in [7, 11) is 0. The number of ether oxygens (including phenoxy) is 1. The number of benzene rings is 1. The van der Waals surface area contributed by atoms with Crippen LogP contribution in [0.1, 0.15) is 36.8 Å². The number of hydrogen-bond donors (Lipinski definition) is 1. The zero-order valence-electron chi connectivity index (χ0n) is 16.7. The number of nitrogens with zero attached hydrogens (tertiary/aromatic N) is 2. The van der Waals surface area contributed by atoms with Crippen molar-refractivity contribution >= 4 is 12.0 Å². The second kappa shape index (κ2) is 8.91. The summed E-state index contributed by atoms with van der Waals surface area (Å²) in [5.74, 6) is 1.10. The highest BCUT2D eigenvalue weighted by Gasteiger charge is 2.25. The predicted molar refractivity (Wildman–Crippen MR) is 105 cm³/mol. The van der Waals surface area contributed by atoms with Gasteiger partial charge in [-0.25, -0.2) is 9.78 Å². The van der Waals surface area contributed by atoms with E-state index in [-0.39, 0.29) is 24.5 Å². The fourth-order valence-electron chi connectivity index (χ4n) is 3.26. The minimum atomic E-state index is -0.283. The number of rotatable bonds is 5. The molecule has 1 aliphatic rings. The lowest BCUT2D eigenvalue weighted by atomic mass is 10.1. The number of carbonyl (C=O) groups is 2. The van der Waals surface area contributed by atoms with Crippen LogP contribution in [0.15, 0.2) is 28.7 Å². The van der Waals surface area contributed by atoms with Gasteiger partial charge >= 0.3 is 6.09 Å². The Balaban J connectivity index is 1.53. The van der Waals surface area contributed by atoms with E-state index in [1.165, 1.54) is 5.56 Å². The summed E-state index contributed by atoms with van der Waals surface area (Å²) < 4.78 is 10.8. The highest BCUT2D eigenvalue weighted by atomic mass is 16.6. The number of piperidine rings is 1. The molecule has 0 radical (unpaired) electrons. The third-order valence-electron chi connectivity index (χ3n) is 4.91. The lowest BCUT2D eigenvalue weighted by molar-refractivity contribution is -0.121. The van der Waals surface area contributed by atoms with E-state index in [1.54, 1.807) is 11.8 Å². The van der Waals surface area contributed by atoms with Crippen LogP contribution in [-0.4, -0.2) is 47.6 Å². The Labute approximate surface area is 165 Å². The Morgan fingerprint density at radius 1 is 1.21 bits per heavy atom. The first-order chi connectivity index (χ1) is 13.5. The summed E-state index contributed by atoms with van der Waals surface area (Å²) in [6, 6.07) is 7.99. The van der Waals surface area contributed by atoms with Crippen LogP contribution < -0.4 is 5.32 Å². The van der Waals surface area contributed by atoms with Gasteiger partial charge in [0.25, 0.3) is 0 Å². The minimum absolute atomic E-state index is 0.0574. The quantitative estimate of drug-likeness (QED) is 0.854. The van der Waals surface area contributed by atoms with E-state index in [1.807, 2.05) is 38.1 Å². The van der Waals surface area contributed by atoms with Crippen LogP contribution in [0.2, 0.25) is 0 Å². The highest BCUT2D eigenvalue weighted by molar-refractivity contribution is 5.79. The first-order valence-corrected chi connectivity index (χ1v) is 9.70. The van der Waals surface area contributed by atoms with Gasteiger partial charge in [-0.3, -0.25) is 4.79 Å².